The number of benzene rings is 2. The Labute approximate surface area is 167 Å². The fourth-order valence-electron chi connectivity index (χ4n) is 2.48. The summed E-state index contributed by atoms with van der Waals surface area (Å²) in [6.45, 7) is 4.37. The second-order valence-corrected chi connectivity index (χ2v) is 6.21. The quantitative estimate of drug-likeness (QED) is 0.710. The molecule has 2 amide bonds. The molecule has 0 saturated carbocycles. The van der Waals surface area contributed by atoms with Crippen molar-refractivity contribution in [2.45, 2.75) is 13.8 Å². The summed E-state index contributed by atoms with van der Waals surface area (Å²) in [5, 5.41) is 2.46. The van der Waals surface area contributed by atoms with E-state index >= 15 is 0 Å². The minimum Gasteiger partial charge on any atom is -0.452 e. The van der Waals surface area contributed by atoms with Gasteiger partial charge in [-0.25, -0.2) is 9.18 Å². The van der Waals surface area contributed by atoms with E-state index in [-0.39, 0.29) is 16.5 Å². The van der Waals surface area contributed by atoms with E-state index < -0.39 is 24.3 Å². The number of hydrogen-bond acceptors (Lipinski definition) is 4. The van der Waals surface area contributed by atoms with Crippen LogP contribution in [0.5, 0.6) is 0 Å². The van der Waals surface area contributed by atoms with Crippen LogP contribution in [-0.4, -0.2) is 42.4 Å². The molecule has 0 aliphatic carbocycles. The number of carbonyl (C=O) groups excluding carboxylic acids is 3. The van der Waals surface area contributed by atoms with E-state index in [0.717, 1.165) is 12.1 Å². The van der Waals surface area contributed by atoms with E-state index in [4.69, 9.17) is 16.3 Å². The van der Waals surface area contributed by atoms with Gasteiger partial charge in [0.1, 0.15) is 5.82 Å². The number of halogens is 2. The van der Waals surface area contributed by atoms with Crippen LogP contribution in [0.3, 0.4) is 0 Å². The van der Waals surface area contributed by atoms with Crippen molar-refractivity contribution in [3.63, 3.8) is 0 Å². The lowest BCUT2D eigenvalue weighted by Crippen LogP contribution is -2.30. The molecule has 148 valence electrons. The molecule has 6 nitrogen and oxygen atoms in total. The zero-order chi connectivity index (χ0) is 20.7. The van der Waals surface area contributed by atoms with Crippen molar-refractivity contribution in [1.29, 1.82) is 0 Å². The van der Waals surface area contributed by atoms with Crippen molar-refractivity contribution in [2.24, 2.45) is 0 Å². The lowest BCUT2D eigenvalue weighted by Gasteiger charge is -2.19. The van der Waals surface area contributed by atoms with Crippen molar-refractivity contribution in [3.8, 4) is 0 Å². The maximum absolute atomic E-state index is 13.0. The summed E-state index contributed by atoms with van der Waals surface area (Å²) < 4.78 is 17.9. The SMILES string of the molecule is CCN(CC)C(=O)c1cccc(NC(=O)COC(=O)c2ccc(F)cc2Cl)c1. The summed E-state index contributed by atoms with van der Waals surface area (Å²) in [6.07, 6.45) is 0. The van der Waals surface area contributed by atoms with E-state index in [9.17, 15) is 18.8 Å². The zero-order valence-corrected chi connectivity index (χ0v) is 16.3. The highest BCUT2D eigenvalue weighted by Crippen LogP contribution is 2.18. The Morgan fingerprint density at radius 1 is 1.11 bits per heavy atom. The molecule has 0 spiro atoms. The number of carbonyl (C=O) groups is 3. The van der Waals surface area contributed by atoms with Gasteiger partial charge in [0.05, 0.1) is 10.6 Å². The Balaban J connectivity index is 1.97. The zero-order valence-electron chi connectivity index (χ0n) is 15.5. The van der Waals surface area contributed by atoms with Crippen LogP contribution < -0.4 is 5.32 Å². The molecule has 2 rings (SSSR count). The number of rotatable bonds is 7. The van der Waals surface area contributed by atoms with Gasteiger partial charge < -0.3 is 15.0 Å². The second kappa shape index (κ2) is 9.85. The Morgan fingerprint density at radius 3 is 2.46 bits per heavy atom. The third kappa shape index (κ3) is 5.53. The van der Waals surface area contributed by atoms with Crippen molar-refractivity contribution >= 4 is 35.1 Å². The van der Waals surface area contributed by atoms with Crippen LogP contribution >= 0.6 is 11.6 Å². The first-order valence-corrected chi connectivity index (χ1v) is 9.04. The summed E-state index contributed by atoms with van der Waals surface area (Å²) in [5.41, 5.74) is 0.804. The van der Waals surface area contributed by atoms with Crippen molar-refractivity contribution in [2.75, 3.05) is 25.0 Å². The van der Waals surface area contributed by atoms with Gasteiger partial charge in [-0.15, -0.1) is 0 Å². The lowest BCUT2D eigenvalue weighted by atomic mass is 10.1. The number of nitrogens with one attached hydrogen (secondary N) is 1. The monoisotopic (exact) mass is 406 g/mol. The molecular weight excluding hydrogens is 387 g/mol. The van der Waals surface area contributed by atoms with Gasteiger partial charge >= 0.3 is 5.97 Å². The predicted molar refractivity (Wildman–Crippen MR) is 104 cm³/mol. The molecule has 0 unspecified atom stereocenters. The standard InChI is InChI=1S/C20H20ClFN2O4/c1-3-24(4-2)19(26)13-6-5-7-15(10-13)23-18(25)12-28-20(27)16-9-8-14(22)11-17(16)21/h5-11H,3-4,12H2,1-2H3,(H,23,25). The largest absolute Gasteiger partial charge is 0.452 e. The molecule has 0 aromatic heterocycles. The normalized spacial score (nSPS) is 10.3. The van der Waals surface area contributed by atoms with Crippen LogP contribution in [-0.2, 0) is 9.53 Å². The molecule has 0 heterocycles. The molecule has 0 saturated heterocycles. The molecule has 28 heavy (non-hydrogen) atoms. The summed E-state index contributed by atoms with van der Waals surface area (Å²) in [4.78, 5) is 38.0. The molecule has 0 aliphatic rings. The first-order chi connectivity index (χ1) is 13.3. The Morgan fingerprint density at radius 2 is 1.82 bits per heavy atom. The number of hydrogen-bond donors (Lipinski definition) is 1. The summed E-state index contributed by atoms with van der Waals surface area (Å²) in [6, 6.07) is 9.72. The van der Waals surface area contributed by atoms with Crippen LogP contribution in [0, 0.1) is 5.82 Å². The minimum absolute atomic E-state index is 0.0392. The molecule has 0 aliphatic heterocycles. The van der Waals surface area contributed by atoms with Crippen molar-refractivity contribution in [1.82, 2.24) is 4.90 Å². The van der Waals surface area contributed by atoms with Crippen molar-refractivity contribution in [3.05, 3.63) is 64.4 Å². The van der Waals surface area contributed by atoms with Gasteiger partial charge in [0, 0.05) is 24.3 Å². The highest BCUT2D eigenvalue weighted by Gasteiger charge is 2.16. The number of nitrogens with zero attached hydrogens (tertiary/aromatic N) is 1. The van der Waals surface area contributed by atoms with Crippen LogP contribution in [0.25, 0.3) is 0 Å². The van der Waals surface area contributed by atoms with Gasteiger partial charge in [-0.2, -0.15) is 0 Å². The first-order valence-electron chi connectivity index (χ1n) is 8.67. The van der Waals surface area contributed by atoms with E-state index in [0.29, 0.717) is 24.3 Å². The van der Waals surface area contributed by atoms with Gasteiger partial charge in [0.25, 0.3) is 11.8 Å². The summed E-state index contributed by atoms with van der Waals surface area (Å²) in [5.74, 6) is -2.15. The molecule has 1 N–H and O–H groups in total. The maximum atomic E-state index is 13.0. The highest BCUT2D eigenvalue weighted by molar-refractivity contribution is 6.33. The smallest absolute Gasteiger partial charge is 0.340 e. The molecule has 2 aromatic carbocycles. The van der Waals surface area contributed by atoms with Crippen LogP contribution in [0.4, 0.5) is 10.1 Å². The molecule has 2 aromatic rings. The molecule has 0 atom stereocenters. The molecular formula is C20H20ClFN2O4. The summed E-state index contributed by atoms with van der Waals surface area (Å²) in [7, 11) is 0. The average molecular weight is 407 g/mol. The van der Waals surface area contributed by atoms with Gasteiger partial charge in [-0.05, 0) is 50.2 Å². The number of esters is 1. The van der Waals surface area contributed by atoms with E-state index in [1.54, 1.807) is 29.2 Å². The minimum atomic E-state index is -0.842. The molecule has 0 fully saturated rings. The Kier molecular flexibility index (Phi) is 7.52. The topological polar surface area (TPSA) is 75.7 Å². The Bertz CT molecular complexity index is 884. The van der Waals surface area contributed by atoms with Crippen LogP contribution in [0.1, 0.15) is 34.6 Å². The van der Waals surface area contributed by atoms with Gasteiger partial charge in [0.15, 0.2) is 6.61 Å². The van der Waals surface area contributed by atoms with Gasteiger partial charge in [0.2, 0.25) is 0 Å². The lowest BCUT2D eigenvalue weighted by molar-refractivity contribution is -0.119. The molecule has 0 radical (unpaired) electrons. The average Bonchev–Trinajstić information content (AvgIpc) is 2.67. The first kappa shape index (κ1) is 21.4. The third-order valence-corrected chi connectivity index (χ3v) is 4.24. The van der Waals surface area contributed by atoms with Crippen molar-refractivity contribution < 1.29 is 23.5 Å². The maximum Gasteiger partial charge on any atom is 0.340 e. The summed E-state index contributed by atoms with van der Waals surface area (Å²) >= 11 is 5.79. The van der Waals surface area contributed by atoms with Crippen LogP contribution in [0.15, 0.2) is 42.5 Å². The van der Waals surface area contributed by atoms with Gasteiger partial charge in [-0.1, -0.05) is 17.7 Å². The fraction of sp³-hybridized carbons (Fsp3) is 0.250. The van der Waals surface area contributed by atoms with E-state index in [1.165, 1.54) is 6.07 Å². The van der Waals surface area contributed by atoms with E-state index in [2.05, 4.69) is 5.32 Å². The van der Waals surface area contributed by atoms with E-state index in [1.807, 2.05) is 13.8 Å². The third-order valence-electron chi connectivity index (χ3n) is 3.93. The highest BCUT2D eigenvalue weighted by atomic mass is 35.5. The molecule has 8 heteroatoms. The second-order valence-electron chi connectivity index (χ2n) is 5.81. The number of ether oxygens (including phenoxy) is 1. The van der Waals surface area contributed by atoms with Gasteiger partial charge in [-0.3, -0.25) is 9.59 Å². The van der Waals surface area contributed by atoms with Crippen LogP contribution in [0.2, 0.25) is 5.02 Å². The predicted octanol–water partition coefficient (Wildman–Crippen LogP) is 3.76. The Hall–Kier alpha value is -2.93. The number of anilines is 1. The molecule has 0 bridgehead atoms. The number of amides is 2. The fourth-order valence-corrected chi connectivity index (χ4v) is 2.73.